The summed E-state index contributed by atoms with van der Waals surface area (Å²) in [6.45, 7) is 4.73. The first-order valence-corrected chi connectivity index (χ1v) is 25.6. The standard InChI is InChI=1S/C71H53N/c1-69(2)61-31-14-12-29-57(61)59-44-42-56(47-67(59)69)72(55-28-20-23-50(45-55)48-21-6-3-7-22-48)54-40-37-49(38-41-54)51-39-43-60-58-30-13-15-32-62(58)71(68(60)46-51)65-35-18-16-33-63(65)70(52-24-8-4-9-25-52,53-26-10-5-11-27-53)64-34-17-19-36-66(64)71/h3-47,58,62H,1-2H3. The van der Waals surface area contributed by atoms with E-state index in [1.165, 1.54) is 89.0 Å². The van der Waals surface area contributed by atoms with Crippen LogP contribution in [0.1, 0.15) is 75.4 Å². The van der Waals surface area contributed by atoms with Crippen molar-refractivity contribution in [1.29, 1.82) is 0 Å². The molecule has 0 saturated heterocycles. The zero-order valence-electron chi connectivity index (χ0n) is 40.6. The van der Waals surface area contributed by atoms with E-state index in [1.54, 1.807) is 0 Å². The molecule has 0 aromatic heterocycles. The quantitative estimate of drug-likeness (QED) is 0.154. The first kappa shape index (κ1) is 42.4. The number of fused-ring (bicyclic) bond motifs is 12. The lowest BCUT2D eigenvalue weighted by Gasteiger charge is -2.51. The molecule has 72 heavy (non-hydrogen) atoms. The van der Waals surface area contributed by atoms with Gasteiger partial charge >= 0.3 is 0 Å². The highest BCUT2D eigenvalue weighted by atomic mass is 15.1. The van der Waals surface area contributed by atoms with Crippen molar-refractivity contribution >= 4 is 17.1 Å². The van der Waals surface area contributed by atoms with Crippen LogP contribution in [-0.2, 0) is 16.2 Å². The molecular weight excluding hydrogens is 867 g/mol. The molecule has 0 aliphatic heterocycles. The average molecular weight is 920 g/mol. The average Bonchev–Trinajstić information content (AvgIpc) is 3.88. The maximum atomic E-state index is 2.55. The van der Waals surface area contributed by atoms with Crippen LogP contribution >= 0.6 is 0 Å². The third-order valence-corrected chi connectivity index (χ3v) is 16.9. The van der Waals surface area contributed by atoms with Gasteiger partial charge in [-0.1, -0.05) is 244 Å². The maximum absolute atomic E-state index is 2.55. The van der Waals surface area contributed by atoms with Gasteiger partial charge in [0.05, 0.1) is 10.8 Å². The minimum absolute atomic E-state index is 0.124. The van der Waals surface area contributed by atoms with Gasteiger partial charge in [-0.25, -0.2) is 0 Å². The number of hydrogen-bond donors (Lipinski definition) is 0. The van der Waals surface area contributed by atoms with Gasteiger partial charge in [0, 0.05) is 34.3 Å². The van der Waals surface area contributed by atoms with Crippen LogP contribution in [-0.4, -0.2) is 0 Å². The molecule has 0 heterocycles. The summed E-state index contributed by atoms with van der Waals surface area (Å²) in [5.74, 6) is 0.418. The van der Waals surface area contributed by atoms with Gasteiger partial charge < -0.3 is 4.90 Å². The Labute approximate surface area is 423 Å². The van der Waals surface area contributed by atoms with E-state index in [2.05, 4.69) is 292 Å². The minimum Gasteiger partial charge on any atom is -0.310 e. The van der Waals surface area contributed by atoms with Crippen LogP contribution in [0, 0.1) is 5.92 Å². The summed E-state index contributed by atoms with van der Waals surface area (Å²) < 4.78 is 0. The van der Waals surface area contributed by atoms with Crippen molar-refractivity contribution in [1.82, 2.24) is 0 Å². The summed E-state index contributed by atoms with van der Waals surface area (Å²) in [5, 5.41) is 0. The second-order valence-corrected chi connectivity index (χ2v) is 20.7. The summed E-state index contributed by atoms with van der Waals surface area (Å²) in [6, 6.07) is 93.7. The number of anilines is 3. The van der Waals surface area contributed by atoms with Crippen LogP contribution in [0.4, 0.5) is 17.1 Å². The molecular formula is C71H53N. The fraction of sp³-hybridized carbons (Fsp3) is 0.0986. The van der Waals surface area contributed by atoms with Gasteiger partial charge in [0.1, 0.15) is 0 Å². The van der Waals surface area contributed by atoms with Gasteiger partial charge in [0.25, 0.3) is 0 Å². The Morgan fingerprint density at radius 3 is 1.51 bits per heavy atom. The van der Waals surface area contributed by atoms with Crippen LogP contribution in [0.5, 0.6) is 0 Å². The molecule has 1 spiro atoms. The summed E-state index contributed by atoms with van der Waals surface area (Å²) in [7, 11) is 0. The fourth-order valence-corrected chi connectivity index (χ4v) is 13.8. The minimum atomic E-state index is -0.522. The Hall–Kier alpha value is -8.52. The van der Waals surface area contributed by atoms with Gasteiger partial charge in [0.2, 0.25) is 0 Å². The highest BCUT2D eigenvalue weighted by Crippen LogP contribution is 2.67. The monoisotopic (exact) mass is 919 g/mol. The van der Waals surface area contributed by atoms with E-state index in [0.717, 1.165) is 17.1 Å². The lowest BCUT2D eigenvalue weighted by atomic mass is 9.50. The van der Waals surface area contributed by atoms with E-state index in [-0.39, 0.29) is 17.3 Å². The van der Waals surface area contributed by atoms with Crippen LogP contribution in [0.3, 0.4) is 0 Å². The molecule has 2 atom stereocenters. The first-order valence-electron chi connectivity index (χ1n) is 25.6. The maximum Gasteiger partial charge on any atom is 0.0707 e. The highest BCUT2D eigenvalue weighted by Gasteiger charge is 2.60. The lowest BCUT2D eigenvalue weighted by Crippen LogP contribution is -2.47. The Bertz CT molecular complexity index is 3690. The second-order valence-electron chi connectivity index (χ2n) is 20.7. The van der Waals surface area contributed by atoms with Crippen molar-refractivity contribution in [3.05, 3.63) is 329 Å². The number of rotatable bonds is 7. The molecule has 4 aliphatic carbocycles. The molecule has 0 saturated carbocycles. The molecule has 0 amide bonds. The summed E-state index contributed by atoms with van der Waals surface area (Å²) in [6.07, 6.45) is 9.51. The van der Waals surface area contributed by atoms with Crippen molar-refractivity contribution in [2.75, 3.05) is 4.90 Å². The molecule has 0 radical (unpaired) electrons. The Morgan fingerprint density at radius 2 is 0.833 bits per heavy atom. The van der Waals surface area contributed by atoms with Crippen molar-refractivity contribution in [2.45, 2.75) is 36.0 Å². The molecule has 10 aromatic rings. The van der Waals surface area contributed by atoms with E-state index < -0.39 is 10.8 Å². The van der Waals surface area contributed by atoms with Gasteiger partial charge in [-0.15, -0.1) is 0 Å². The van der Waals surface area contributed by atoms with E-state index in [9.17, 15) is 0 Å². The molecule has 2 unspecified atom stereocenters. The Morgan fingerprint density at radius 1 is 0.333 bits per heavy atom. The van der Waals surface area contributed by atoms with Crippen LogP contribution < -0.4 is 4.90 Å². The van der Waals surface area contributed by atoms with Crippen molar-refractivity contribution in [3.63, 3.8) is 0 Å². The zero-order valence-corrected chi connectivity index (χ0v) is 40.6. The third kappa shape index (κ3) is 6.01. The largest absolute Gasteiger partial charge is 0.310 e. The van der Waals surface area contributed by atoms with Crippen molar-refractivity contribution in [2.24, 2.45) is 5.92 Å². The Balaban J connectivity index is 0.935. The third-order valence-electron chi connectivity index (χ3n) is 16.9. The second kappa shape index (κ2) is 16.3. The first-order chi connectivity index (χ1) is 35.5. The van der Waals surface area contributed by atoms with E-state index in [1.807, 2.05) is 0 Å². The molecule has 0 bridgehead atoms. The summed E-state index contributed by atoms with van der Waals surface area (Å²) in [5.41, 5.74) is 23.3. The molecule has 10 aromatic carbocycles. The SMILES string of the molecule is CC1(C)c2ccccc2-c2ccc(N(c3ccc(-c4ccc5c(c4)C4(c6ccccc6C(c6ccccc6)(c6ccccc6)c6ccccc64)C4C=CC=CC54)cc3)c3cccc(-c4ccccc4)c3)cc21. The smallest absolute Gasteiger partial charge is 0.0707 e. The lowest BCUT2D eigenvalue weighted by molar-refractivity contribution is 0.431. The predicted octanol–water partition coefficient (Wildman–Crippen LogP) is 17.7. The van der Waals surface area contributed by atoms with Crippen LogP contribution in [0.25, 0.3) is 33.4 Å². The van der Waals surface area contributed by atoms with Crippen LogP contribution in [0.2, 0.25) is 0 Å². The van der Waals surface area contributed by atoms with E-state index in [4.69, 9.17) is 0 Å². The van der Waals surface area contributed by atoms with Crippen molar-refractivity contribution < 1.29 is 0 Å². The fourth-order valence-electron chi connectivity index (χ4n) is 13.8. The molecule has 14 rings (SSSR count). The zero-order chi connectivity index (χ0) is 48.0. The summed E-state index contributed by atoms with van der Waals surface area (Å²) in [4.78, 5) is 2.44. The summed E-state index contributed by atoms with van der Waals surface area (Å²) >= 11 is 0. The van der Waals surface area contributed by atoms with Gasteiger partial charge in [-0.05, 0) is 131 Å². The Kier molecular flexibility index (Phi) is 9.57. The normalized spacial score (nSPS) is 17.5. The highest BCUT2D eigenvalue weighted by molar-refractivity contribution is 5.87. The van der Waals surface area contributed by atoms with E-state index in [0.29, 0.717) is 0 Å². The molecule has 1 heteroatoms. The van der Waals surface area contributed by atoms with Crippen LogP contribution in [0.15, 0.2) is 273 Å². The topological polar surface area (TPSA) is 3.24 Å². The predicted molar refractivity (Wildman–Crippen MR) is 299 cm³/mol. The van der Waals surface area contributed by atoms with Crippen molar-refractivity contribution in [3.8, 4) is 33.4 Å². The molecule has 4 aliphatic rings. The molecule has 0 N–H and O–H groups in total. The number of hydrogen-bond acceptors (Lipinski definition) is 1. The van der Waals surface area contributed by atoms with Gasteiger partial charge in [0.15, 0.2) is 0 Å². The number of allylic oxidation sites excluding steroid dienone is 4. The van der Waals surface area contributed by atoms with E-state index >= 15 is 0 Å². The molecule has 0 fully saturated rings. The molecule has 342 valence electrons. The van der Waals surface area contributed by atoms with Gasteiger partial charge in [-0.2, -0.15) is 0 Å². The van der Waals surface area contributed by atoms with Gasteiger partial charge in [-0.3, -0.25) is 0 Å². The molecule has 1 nitrogen and oxygen atoms in total. The number of benzene rings is 10. The number of nitrogens with zero attached hydrogens (tertiary/aromatic N) is 1.